The van der Waals surface area contributed by atoms with Crippen molar-refractivity contribution < 1.29 is 9.53 Å². The Balaban J connectivity index is 1.34. The molecule has 1 heterocycles. The van der Waals surface area contributed by atoms with Crippen molar-refractivity contribution in [2.45, 2.75) is 58.2 Å². The van der Waals surface area contributed by atoms with Crippen molar-refractivity contribution >= 4 is 23.4 Å². The summed E-state index contributed by atoms with van der Waals surface area (Å²) in [6, 6.07) is 10.3. The molecule has 6 nitrogen and oxygen atoms in total. The van der Waals surface area contributed by atoms with Gasteiger partial charge < -0.3 is 14.6 Å². The predicted molar refractivity (Wildman–Crippen MR) is 128 cm³/mol. The summed E-state index contributed by atoms with van der Waals surface area (Å²) in [6.07, 6.45) is 4.82. The van der Waals surface area contributed by atoms with Crippen LogP contribution in [0.25, 0.3) is 0 Å². The number of hydrogen-bond donors (Lipinski definition) is 1. The topological polar surface area (TPSA) is 69.0 Å². The molecule has 1 aliphatic carbocycles. The first-order chi connectivity index (χ1) is 15.4. The minimum absolute atomic E-state index is 0.0609. The molecule has 2 aromatic carbocycles. The number of fused-ring (bicyclic) bond motifs is 1. The number of carbonyl (C=O) groups is 1. The molecule has 0 saturated heterocycles. The van der Waals surface area contributed by atoms with Crippen molar-refractivity contribution in [1.82, 2.24) is 14.8 Å². The van der Waals surface area contributed by atoms with Gasteiger partial charge in [0.2, 0.25) is 5.91 Å². The molecule has 32 heavy (non-hydrogen) atoms. The fraction of sp³-hybridized carbons (Fsp3) is 0.400. The van der Waals surface area contributed by atoms with Gasteiger partial charge in [0.15, 0.2) is 11.0 Å². The molecule has 0 saturated carbocycles. The van der Waals surface area contributed by atoms with E-state index in [2.05, 4.69) is 34.6 Å². The zero-order valence-electron chi connectivity index (χ0n) is 19.2. The molecule has 0 radical (unpaired) electrons. The van der Waals surface area contributed by atoms with Crippen molar-refractivity contribution in [3.8, 4) is 5.75 Å². The van der Waals surface area contributed by atoms with Gasteiger partial charge in [-0.25, -0.2) is 0 Å². The largest absolute Gasteiger partial charge is 0.485 e. The third-order valence-corrected chi connectivity index (χ3v) is 7.07. The van der Waals surface area contributed by atoms with Gasteiger partial charge in [0, 0.05) is 12.7 Å². The minimum Gasteiger partial charge on any atom is -0.485 e. The fourth-order valence-corrected chi connectivity index (χ4v) is 4.80. The molecule has 0 atom stereocenters. The van der Waals surface area contributed by atoms with Crippen molar-refractivity contribution in [2.75, 3.05) is 11.1 Å². The number of benzene rings is 2. The third kappa shape index (κ3) is 4.99. The molecule has 4 rings (SSSR count). The number of nitrogens with one attached hydrogen (secondary N) is 1. The first kappa shape index (κ1) is 22.4. The molecule has 0 bridgehead atoms. The second-order valence-electron chi connectivity index (χ2n) is 8.44. The first-order valence-electron chi connectivity index (χ1n) is 11.0. The normalized spacial score (nSPS) is 13.0. The van der Waals surface area contributed by atoms with Gasteiger partial charge >= 0.3 is 0 Å². The van der Waals surface area contributed by atoms with E-state index in [-0.39, 0.29) is 11.7 Å². The summed E-state index contributed by atoms with van der Waals surface area (Å²) in [5, 5.41) is 12.2. The SMILES string of the molecule is Cc1ccc(C)c(NC(=O)CSc2nnc(COc3ccc4c(c3C)CCCC4)n2C)c1. The Labute approximate surface area is 193 Å². The van der Waals surface area contributed by atoms with E-state index in [4.69, 9.17) is 4.74 Å². The smallest absolute Gasteiger partial charge is 0.234 e. The van der Waals surface area contributed by atoms with E-state index in [1.165, 1.54) is 41.3 Å². The number of anilines is 1. The maximum atomic E-state index is 12.4. The van der Waals surface area contributed by atoms with Gasteiger partial charge in [0.05, 0.1) is 5.75 Å². The highest BCUT2D eigenvalue weighted by Gasteiger charge is 2.16. The molecule has 1 aromatic heterocycles. The Morgan fingerprint density at radius 2 is 1.94 bits per heavy atom. The lowest BCUT2D eigenvalue weighted by atomic mass is 9.88. The van der Waals surface area contributed by atoms with E-state index in [1.807, 2.05) is 43.7 Å². The van der Waals surface area contributed by atoms with Crippen LogP contribution >= 0.6 is 11.8 Å². The molecular weight excluding hydrogens is 420 g/mol. The van der Waals surface area contributed by atoms with Gasteiger partial charge in [0.25, 0.3) is 0 Å². The van der Waals surface area contributed by atoms with Gasteiger partial charge in [-0.1, -0.05) is 30.0 Å². The van der Waals surface area contributed by atoms with Crippen LogP contribution in [-0.4, -0.2) is 26.4 Å². The zero-order chi connectivity index (χ0) is 22.7. The third-order valence-electron chi connectivity index (χ3n) is 6.05. The average Bonchev–Trinajstić information content (AvgIpc) is 3.14. The molecule has 3 aromatic rings. The summed E-state index contributed by atoms with van der Waals surface area (Å²) >= 11 is 1.37. The minimum atomic E-state index is -0.0609. The Morgan fingerprint density at radius 1 is 1.12 bits per heavy atom. The van der Waals surface area contributed by atoms with E-state index in [0.29, 0.717) is 11.8 Å². The van der Waals surface area contributed by atoms with Gasteiger partial charge in [-0.3, -0.25) is 4.79 Å². The van der Waals surface area contributed by atoms with E-state index in [1.54, 1.807) is 0 Å². The number of rotatable bonds is 7. The molecule has 0 aliphatic heterocycles. The molecule has 0 fully saturated rings. The average molecular weight is 451 g/mol. The lowest BCUT2D eigenvalue weighted by Crippen LogP contribution is -2.15. The standard InChI is InChI=1S/C25H30N4O2S/c1-16-9-10-17(2)21(13-16)26-24(30)15-32-25-28-27-23(29(25)4)14-31-22-12-11-19-7-5-6-8-20(19)18(22)3/h9-13H,5-8,14-15H2,1-4H3,(H,26,30). The maximum Gasteiger partial charge on any atom is 0.234 e. The number of amides is 1. The molecule has 1 aliphatic rings. The number of nitrogens with zero attached hydrogens (tertiary/aromatic N) is 3. The van der Waals surface area contributed by atoms with Crippen LogP contribution in [0, 0.1) is 20.8 Å². The molecule has 1 amide bonds. The Morgan fingerprint density at radius 3 is 2.78 bits per heavy atom. The van der Waals surface area contributed by atoms with Crippen molar-refractivity contribution in [2.24, 2.45) is 7.05 Å². The maximum absolute atomic E-state index is 12.4. The van der Waals surface area contributed by atoms with Crippen LogP contribution in [-0.2, 0) is 31.3 Å². The van der Waals surface area contributed by atoms with E-state index in [0.717, 1.165) is 41.2 Å². The van der Waals surface area contributed by atoms with Crippen LogP contribution in [0.1, 0.15) is 46.5 Å². The van der Waals surface area contributed by atoms with Crippen LogP contribution < -0.4 is 10.1 Å². The number of hydrogen-bond acceptors (Lipinski definition) is 5. The highest BCUT2D eigenvalue weighted by molar-refractivity contribution is 7.99. The fourth-order valence-electron chi connectivity index (χ4n) is 4.07. The molecule has 7 heteroatoms. The molecule has 0 unspecified atom stereocenters. The lowest BCUT2D eigenvalue weighted by molar-refractivity contribution is -0.113. The van der Waals surface area contributed by atoms with Crippen LogP contribution in [0.2, 0.25) is 0 Å². The molecule has 168 valence electrons. The van der Waals surface area contributed by atoms with Crippen LogP contribution in [0.15, 0.2) is 35.5 Å². The Bertz CT molecular complexity index is 1140. The number of aryl methyl sites for hydroxylation is 3. The molecular formula is C25H30N4O2S. The van der Waals surface area contributed by atoms with E-state index in [9.17, 15) is 4.79 Å². The summed E-state index contributed by atoms with van der Waals surface area (Å²) in [5.74, 6) is 1.86. The van der Waals surface area contributed by atoms with E-state index >= 15 is 0 Å². The Hall–Kier alpha value is -2.80. The Kier molecular flexibility index (Phi) is 6.84. The van der Waals surface area contributed by atoms with Gasteiger partial charge in [-0.15, -0.1) is 10.2 Å². The van der Waals surface area contributed by atoms with E-state index < -0.39 is 0 Å². The summed E-state index contributed by atoms with van der Waals surface area (Å²) in [7, 11) is 1.91. The summed E-state index contributed by atoms with van der Waals surface area (Å²) < 4.78 is 7.99. The number of carbonyl (C=O) groups excluding carboxylic acids is 1. The summed E-state index contributed by atoms with van der Waals surface area (Å²) in [4.78, 5) is 12.4. The molecule has 1 N–H and O–H groups in total. The van der Waals surface area contributed by atoms with Crippen molar-refractivity contribution in [3.05, 3.63) is 64.0 Å². The highest BCUT2D eigenvalue weighted by Crippen LogP contribution is 2.31. The van der Waals surface area contributed by atoms with Crippen molar-refractivity contribution in [1.29, 1.82) is 0 Å². The van der Waals surface area contributed by atoms with Crippen molar-refractivity contribution in [3.63, 3.8) is 0 Å². The second-order valence-corrected chi connectivity index (χ2v) is 9.38. The monoisotopic (exact) mass is 450 g/mol. The first-order valence-corrected chi connectivity index (χ1v) is 12.0. The number of ether oxygens (including phenoxy) is 1. The van der Waals surface area contributed by atoms with Crippen LogP contribution in [0.3, 0.4) is 0 Å². The van der Waals surface area contributed by atoms with Gasteiger partial charge in [-0.05, 0) is 86.4 Å². The molecule has 0 spiro atoms. The predicted octanol–water partition coefficient (Wildman–Crippen LogP) is 4.93. The number of thioether (sulfide) groups is 1. The quantitative estimate of drug-likeness (QED) is 0.517. The number of aromatic nitrogens is 3. The van der Waals surface area contributed by atoms with Crippen LogP contribution in [0.4, 0.5) is 5.69 Å². The lowest BCUT2D eigenvalue weighted by Gasteiger charge is -2.20. The van der Waals surface area contributed by atoms with Crippen LogP contribution in [0.5, 0.6) is 5.75 Å². The second kappa shape index (κ2) is 9.77. The van der Waals surface area contributed by atoms with Gasteiger partial charge in [-0.2, -0.15) is 0 Å². The zero-order valence-corrected chi connectivity index (χ0v) is 20.0. The summed E-state index contributed by atoms with van der Waals surface area (Å²) in [6.45, 7) is 6.49. The highest BCUT2D eigenvalue weighted by atomic mass is 32.2. The van der Waals surface area contributed by atoms with Gasteiger partial charge in [0.1, 0.15) is 12.4 Å². The summed E-state index contributed by atoms with van der Waals surface area (Å²) in [5.41, 5.74) is 7.15.